The second kappa shape index (κ2) is 12.4. The summed E-state index contributed by atoms with van der Waals surface area (Å²) in [6, 6.07) is 5.89. The van der Waals surface area contributed by atoms with Crippen molar-refractivity contribution in [2.45, 2.75) is 76.2 Å². The molecule has 0 spiro atoms. The van der Waals surface area contributed by atoms with Crippen LogP contribution in [0.25, 0.3) is 5.57 Å². The molecule has 2 aliphatic rings. The fraction of sp³-hybridized carbons (Fsp3) is 0.593. The summed E-state index contributed by atoms with van der Waals surface area (Å²) in [6.07, 6.45) is -8.00. The molecule has 3 N–H and O–H groups in total. The van der Waals surface area contributed by atoms with Crippen molar-refractivity contribution in [2.75, 3.05) is 11.9 Å². The summed E-state index contributed by atoms with van der Waals surface area (Å²) in [7, 11) is 1.51. The first kappa shape index (κ1) is 30.5. The number of rotatable bonds is 9. The van der Waals surface area contributed by atoms with E-state index in [-0.39, 0.29) is 5.92 Å². The molecule has 1 fully saturated rings. The Morgan fingerprint density at radius 2 is 1.54 bits per heavy atom. The molecule has 1 aromatic rings. The number of carbonyl (C=O) groups is 3. The lowest BCUT2D eigenvalue weighted by atomic mass is 9.80. The predicted molar refractivity (Wildman–Crippen MR) is 133 cm³/mol. The van der Waals surface area contributed by atoms with Gasteiger partial charge in [0.1, 0.15) is 6.04 Å². The van der Waals surface area contributed by atoms with Crippen molar-refractivity contribution in [1.29, 1.82) is 0 Å². The van der Waals surface area contributed by atoms with E-state index in [1.165, 1.54) is 11.9 Å². The van der Waals surface area contributed by atoms with E-state index >= 15 is 0 Å². The molecule has 1 aliphatic carbocycles. The summed E-state index contributed by atoms with van der Waals surface area (Å²) in [5.74, 6) is -6.51. The molecule has 12 heteroatoms. The highest BCUT2D eigenvalue weighted by Gasteiger charge is 2.41. The largest absolute Gasteiger partial charge is 0.389 e. The fourth-order valence-corrected chi connectivity index (χ4v) is 5.51. The molecule has 216 valence electrons. The van der Waals surface area contributed by atoms with Gasteiger partial charge in [-0.05, 0) is 49.3 Å². The third-order valence-electron chi connectivity index (χ3n) is 7.53. The first-order chi connectivity index (χ1) is 18.2. The average molecular weight is 562 g/mol. The number of halogens is 6. The number of nitrogens with one attached hydrogen (secondary N) is 1. The Balaban J connectivity index is 1.96. The Bertz CT molecular complexity index is 1080. The molecule has 1 saturated carbocycles. The number of nitrogens with two attached hydrogens (primary N) is 1. The molecule has 6 nitrogen and oxygen atoms in total. The molecule has 0 unspecified atom stereocenters. The molecule has 0 aromatic heterocycles. The predicted octanol–water partition coefficient (Wildman–Crippen LogP) is 5.51. The van der Waals surface area contributed by atoms with Gasteiger partial charge in [0.2, 0.25) is 11.8 Å². The molecule has 3 rings (SSSR count). The van der Waals surface area contributed by atoms with Crippen LogP contribution in [0, 0.1) is 17.8 Å². The molecule has 1 aliphatic heterocycles. The molecule has 0 bridgehead atoms. The number of primary amides is 1. The van der Waals surface area contributed by atoms with Crippen molar-refractivity contribution < 1.29 is 40.7 Å². The lowest BCUT2D eigenvalue weighted by Gasteiger charge is -2.28. The van der Waals surface area contributed by atoms with Crippen LogP contribution in [0.5, 0.6) is 0 Å². The molecule has 3 amide bonds. The van der Waals surface area contributed by atoms with Crippen LogP contribution in [0.4, 0.5) is 32.0 Å². The van der Waals surface area contributed by atoms with E-state index in [9.17, 15) is 40.7 Å². The Morgan fingerprint density at radius 1 is 0.974 bits per heavy atom. The summed E-state index contributed by atoms with van der Waals surface area (Å²) in [5.41, 5.74) is 7.50. The third-order valence-corrected chi connectivity index (χ3v) is 7.53. The maximum atomic E-state index is 13.4. The zero-order valence-corrected chi connectivity index (χ0v) is 21.6. The number of fused-ring (bicyclic) bond motifs is 1. The van der Waals surface area contributed by atoms with E-state index in [1.54, 1.807) is 18.2 Å². The van der Waals surface area contributed by atoms with E-state index in [0.717, 1.165) is 43.2 Å². The Labute approximate surface area is 223 Å². The summed E-state index contributed by atoms with van der Waals surface area (Å²) in [4.78, 5) is 40.2. The first-order valence-electron chi connectivity index (χ1n) is 13.0. The standard InChI is InChI=1S/C27H33F6N3O3/c1-36-22-10-6-5-9-17(22)20(16-7-3-2-4-8-16)15-21(25(36)39)35-24(38)19(12-14-27(31,32)33)18(23(34)37)11-13-26(28,29)30/h5-6,9-10,15-16,18-19,21H,2-4,7-8,11-14H2,1H3,(H2,34,37)(H,35,38)/t18-,19+,21-/m0/s1. The number of anilines is 1. The number of amides is 3. The highest BCUT2D eigenvalue weighted by Crippen LogP contribution is 2.41. The maximum absolute atomic E-state index is 13.4. The summed E-state index contributed by atoms with van der Waals surface area (Å²) >= 11 is 0. The van der Waals surface area contributed by atoms with Crippen molar-refractivity contribution in [3.05, 3.63) is 35.9 Å². The van der Waals surface area contributed by atoms with Gasteiger partial charge in [0.15, 0.2) is 0 Å². The number of benzene rings is 1. The minimum atomic E-state index is -4.72. The summed E-state index contributed by atoms with van der Waals surface area (Å²) < 4.78 is 77.8. The molecule has 0 radical (unpaired) electrons. The lowest BCUT2D eigenvalue weighted by Crippen LogP contribution is -2.50. The first-order valence-corrected chi connectivity index (χ1v) is 13.0. The Morgan fingerprint density at radius 3 is 2.10 bits per heavy atom. The lowest BCUT2D eigenvalue weighted by molar-refractivity contribution is -0.152. The van der Waals surface area contributed by atoms with Gasteiger partial charge in [-0.15, -0.1) is 0 Å². The van der Waals surface area contributed by atoms with E-state index in [0.29, 0.717) is 5.69 Å². The number of alkyl halides is 6. The van der Waals surface area contributed by atoms with Gasteiger partial charge in [-0.1, -0.05) is 37.5 Å². The number of carbonyl (C=O) groups excluding carboxylic acids is 3. The molecule has 1 aromatic carbocycles. The van der Waals surface area contributed by atoms with Crippen molar-refractivity contribution in [1.82, 2.24) is 5.32 Å². The maximum Gasteiger partial charge on any atom is 0.389 e. The normalized spacial score (nSPS) is 20.5. The van der Waals surface area contributed by atoms with Gasteiger partial charge in [-0.3, -0.25) is 14.4 Å². The van der Waals surface area contributed by atoms with Crippen molar-refractivity contribution >= 4 is 29.0 Å². The number of para-hydroxylation sites is 1. The molecule has 39 heavy (non-hydrogen) atoms. The second-order valence-electron chi connectivity index (χ2n) is 10.3. The van der Waals surface area contributed by atoms with Crippen LogP contribution in [0.15, 0.2) is 30.3 Å². The van der Waals surface area contributed by atoms with Gasteiger partial charge in [0.25, 0.3) is 5.91 Å². The van der Waals surface area contributed by atoms with E-state index in [4.69, 9.17) is 5.73 Å². The molecular formula is C27H33F6N3O3. The fourth-order valence-electron chi connectivity index (χ4n) is 5.51. The van der Waals surface area contributed by atoms with Crippen molar-refractivity contribution in [3.8, 4) is 0 Å². The van der Waals surface area contributed by atoms with Crippen LogP contribution in [0.1, 0.15) is 63.4 Å². The number of hydrogen-bond donors (Lipinski definition) is 2. The number of allylic oxidation sites excluding steroid dienone is 1. The smallest absolute Gasteiger partial charge is 0.369 e. The quantitative estimate of drug-likeness (QED) is 0.389. The zero-order chi connectivity index (χ0) is 29.0. The number of nitrogens with zero attached hydrogens (tertiary/aromatic N) is 1. The Hall–Kier alpha value is -3.05. The monoisotopic (exact) mass is 561 g/mol. The van der Waals surface area contributed by atoms with Gasteiger partial charge in [0, 0.05) is 37.3 Å². The van der Waals surface area contributed by atoms with Crippen molar-refractivity contribution in [2.24, 2.45) is 23.5 Å². The molecule has 1 heterocycles. The topological polar surface area (TPSA) is 92.5 Å². The van der Waals surface area contributed by atoms with Gasteiger partial charge < -0.3 is 16.0 Å². The van der Waals surface area contributed by atoms with Crippen LogP contribution >= 0.6 is 0 Å². The molecule has 3 atom stereocenters. The summed E-state index contributed by atoms with van der Waals surface area (Å²) in [6.45, 7) is 0. The SMILES string of the molecule is CN1C(=O)[C@@H](NC(=O)[C@H](CCC(F)(F)F)[C@H](CCC(F)(F)F)C(N)=O)C=C(C2CCCCC2)c2ccccc21. The second-order valence-corrected chi connectivity index (χ2v) is 10.3. The van der Waals surface area contributed by atoms with Gasteiger partial charge in [-0.25, -0.2) is 0 Å². The minimum Gasteiger partial charge on any atom is -0.369 e. The van der Waals surface area contributed by atoms with Crippen LogP contribution < -0.4 is 16.0 Å². The van der Waals surface area contributed by atoms with Crippen LogP contribution in [0.3, 0.4) is 0 Å². The minimum absolute atomic E-state index is 0.0878. The van der Waals surface area contributed by atoms with Crippen LogP contribution in [0.2, 0.25) is 0 Å². The van der Waals surface area contributed by atoms with Crippen LogP contribution in [-0.4, -0.2) is 43.2 Å². The average Bonchev–Trinajstić information content (AvgIpc) is 2.95. The third kappa shape index (κ3) is 8.22. The molecule has 0 saturated heterocycles. The molecular weight excluding hydrogens is 528 g/mol. The van der Waals surface area contributed by atoms with E-state index < -0.39 is 73.6 Å². The summed E-state index contributed by atoms with van der Waals surface area (Å²) in [5, 5.41) is 2.45. The number of likely N-dealkylation sites (N-methyl/N-ethyl adjacent to an activating group) is 1. The van der Waals surface area contributed by atoms with E-state index in [2.05, 4.69) is 5.32 Å². The van der Waals surface area contributed by atoms with Gasteiger partial charge in [-0.2, -0.15) is 26.3 Å². The van der Waals surface area contributed by atoms with Gasteiger partial charge >= 0.3 is 12.4 Å². The Kier molecular flexibility index (Phi) is 9.71. The number of hydrogen-bond acceptors (Lipinski definition) is 3. The van der Waals surface area contributed by atoms with Crippen LogP contribution in [-0.2, 0) is 14.4 Å². The van der Waals surface area contributed by atoms with E-state index in [1.807, 2.05) is 12.1 Å². The van der Waals surface area contributed by atoms with Gasteiger partial charge in [0.05, 0.1) is 5.69 Å². The zero-order valence-electron chi connectivity index (χ0n) is 21.6. The van der Waals surface area contributed by atoms with Crippen molar-refractivity contribution in [3.63, 3.8) is 0 Å². The highest BCUT2D eigenvalue weighted by atomic mass is 19.4. The highest BCUT2D eigenvalue weighted by molar-refractivity contribution is 6.05.